The standard InChI is InChI=1S/C26H31N3O2S/c1-26(25(31)27-20-11-5-3-2-4-6-12-20)18-28-22-14-8-7-10-19(22)16-23(28)24(30)29(26)17-21-13-9-15-32-21/h7-10,13-16,20H,2-6,11-12,17-18H2,1H3,(H,27,31)/t26-/m1/s1. The van der Waals surface area contributed by atoms with E-state index < -0.39 is 5.54 Å². The number of hydrogen-bond acceptors (Lipinski definition) is 3. The third-order valence-electron chi connectivity index (χ3n) is 7.16. The molecule has 32 heavy (non-hydrogen) atoms. The minimum Gasteiger partial charge on any atom is -0.351 e. The van der Waals surface area contributed by atoms with Crippen LogP contribution in [0.3, 0.4) is 0 Å². The Labute approximate surface area is 193 Å². The predicted molar refractivity (Wildman–Crippen MR) is 129 cm³/mol. The fourth-order valence-corrected chi connectivity index (χ4v) is 5.95. The summed E-state index contributed by atoms with van der Waals surface area (Å²) in [6.45, 7) is 2.85. The summed E-state index contributed by atoms with van der Waals surface area (Å²) in [6, 6.07) is 14.2. The van der Waals surface area contributed by atoms with Crippen molar-refractivity contribution in [3.8, 4) is 0 Å². The van der Waals surface area contributed by atoms with Crippen LogP contribution in [0.4, 0.5) is 0 Å². The Morgan fingerprint density at radius 2 is 1.84 bits per heavy atom. The highest BCUT2D eigenvalue weighted by Crippen LogP contribution is 2.34. The fraction of sp³-hybridized carbons (Fsp3) is 0.462. The highest BCUT2D eigenvalue weighted by Gasteiger charge is 2.48. The molecule has 1 aliphatic carbocycles. The van der Waals surface area contributed by atoms with Gasteiger partial charge in [0, 0.05) is 21.8 Å². The van der Waals surface area contributed by atoms with E-state index in [9.17, 15) is 9.59 Å². The van der Waals surface area contributed by atoms with Crippen LogP contribution in [0, 0.1) is 0 Å². The van der Waals surface area contributed by atoms with Crippen LogP contribution < -0.4 is 5.32 Å². The molecule has 6 heteroatoms. The summed E-state index contributed by atoms with van der Waals surface area (Å²) in [4.78, 5) is 30.5. The lowest BCUT2D eigenvalue weighted by Gasteiger charge is -2.44. The lowest BCUT2D eigenvalue weighted by molar-refractivity contribution is -0.134. The smallest absolute Gasteiger partial charge is 0.271 e. The van der Waals surface area contributed by atoms with Crippen molar-refractivity contribution in [3.05, 3.63) is 58.4 Å². The van der Waals surface area contributed by atoms with Gasteiger partial charge >= 0.3 is 0 Å². The highest BCUT2D eigenvalue weighted by atomic mass is 32.1. The van der Waals surface area contributed by atoms with Crippen molar-refractivity contribution < 1.29 is 9.59 Å². The van der Waals surface area contributed by atoms with E-state index in [-0.39, 0.29) is 17.9 Å². The number of rotatable bonds is 4. The molecule has 1 saturated carbocycles. The first-order valence-corrected chi connectivity index (χ1v) is 12.7. The maximum Gasteiger partial charge on any atom is 0.271 e. The van der Waals surface area contributed by atoms with Gasteiger partial charge in [-0.1, -0.05) is 56.4 Å². The van der Waals surface area contributed by atoms with Crippen LogP contribution in [0.15, 0.2) is 47.8 Å². The lowest BCUT2D eigenvalue weighted by atomic mass is 9.92. The molecule has 5 nitrogen and oxygen atoms in total. The quantitative estimate of drug-likeness (QED) is 0.584. The summed E-state index contributed by atoms with van der Waals surface area (Å²) in [5.41, 5.74) is 0.730. The second-order valence-electron chi connectivity index (χ2n) is 9.43. The number of fused-ring (bicyclic) bond motifs is 3. The first kappa shape index (κ1) is 21.3. The highest BCUT2D eigenvalue weighted by molar-refractivity contribution is 7.09. The Bertz CT molecular complexity index is 1110. The zero-order chi connectivity index (χ0) is 22.1. The van der Waals surface area contributed by atoms with Gasteiger partial charge in [0.25, 0.3) is 5.91 Å². The van der Waals surface area contributed by atoms with Crippen molar-refractivity contribution in [1.82, 2.24) is 14.8 Å². The van der Waals surface area contributed by atoms with E-state index in [0.717, 1.165) is 41.5 Å². The summed E-state index contributed by atoms with van der Waals surface area (Å²) in [5, 5.41) is 6.41. The molecule has 3 aromatic rings. The summed E-state index contributed by atoms with van der Waals surface area (Å²) >= 11 is 1.63. The van der Waals surface area contributed by atoms with Crippen molar-refractivity contribution >= 4 is 34.1 Å². The number of thiophene rings is 1. The van der Waals surface area contributed by atoms with Crippen LogP contribution in [-0.4, -0.2) is 32.9 Å². The third kappa shape index (κ3) is 3.85. The van der Waals surface area contributed by atoms with E-state index in [4.69, 9.17) is 0 Å². The van der Waals surface area contributed by atoms with Gasteiger partial charge in [0.1, 0.15) is 11.2 Å². The minimum atomic E-state index is -0.946. The van der Waals surface area contributed by atoms with Gasteiger partial charge in [-0.05, 0) is 43.3 Å². The molecule has 168 valence electrons. The zero-order valence-corrected chi connectivity index (χ0v) is 19.5. The molecule has 2 aliphatic rings. The number of benzene rings is 1. The first-order valence-electron chi connectivity index (χ1n) is 11.8. The Morgan fingerprint density at radius 1 is 1.09 bits per heavy atom. The van der Waals surface area contributed by atoms with Gasteiger partial charge in [-0.3, -0.25) is 9.59 Å². The van der Waals surface area contributed by atoms with Crippen molar-refractivity contribution in [1.29, 1.82) is 0 Å². The van der Waals surface area contributed by atoms with Crippen LogP contribution in [0.5, 0.6) is 0 Å². The zero-order valence-electron chi connectivity index (χ0n) is 18.7. The molecule has 0 radical (unpaired) electrons. The molecule has 0 spiro atoms. The van der Waals surface area contributed by atoms with Crippen LogP contribution in [0.1, 0.15) is 67.2 Å². The van der Waals surface area contributed by atoms with Crippen LogP contribution in [-0.2, 0) is 17.9 Å². The molecule has 3 heterocycles. The number of amides is 2. The van der Waals surface area contributed by atoms with Gasteiger partial charge < -0.3 is 14.8 Å². The first-order chi connectivity index (χ1) is 15.6. The van der Waals surface area contributed by atoms with Gasteiger partial charge in [0.05, 0.1) is 13.1 Å². The Hall–Kier alpha value is -2.60. The third-order valence-corrected chi connectivity index (χ3v) is 8.02. The molecule has 1 atom stereocenters. The summed E-state index contributed by atoms with van der Waals surface area (Å²) in [7, 11) is 0. The van der Waals surface area contributed by atoms with Crippen LogP contribution in [0.2, 0.25) is 0 Å². The molecule has 1 N–H and O–H groups in total. The van der Waals surface area contributed by atoms with Gasteiger partial charge in [-0.25, -0.2) is 0 Å². The Balaban J connectivity index is 1.50. The molecule has 0 saturated heterocycles. The predicted octanol–water partition coefficient (Wildman–Crippen LogP) is 5.35. The van der Waals surface area contributed by atoms with E-state index in [1.807, 2.05) is 59.3 Å². The summed E-state index contributed by atoms with van der Waals surface area (Å²) in [5.74, 6) is -0.104. The molecule has 2 aromatic heterocycles. The SMILES string of the molecule is C[C@]1(C(=O)NC2CCCCCCC2)Cn2c(cc3ccccc32)C(=O)N1Cc1cccs1. The van der Waals surface area contributed by atoms with Gasteiger partial charge in [0.15, 0.2) is 0 Å². The molecule has 1 aliphatic heterocycles. The topological polar surface area (TPSA) is 54.3 Å². The van der Waals surface area contributed by atoms with Gasteiger partial charge in [-0.15, -0.1) is 11.3 Å². The Kier molecular flexibility index (Phi) is 5.80. The van der Waals surface area contributed by atoms with Gasteiger partial charge in [-0.2, -0.15) is 0 Å². The lowest BCUT2D eigenvalue weighted by Crippen LogP contribution is -2.64. The molecule has 0 bridgehead atoms. The van der Waals surface area contributed by atoms with E-state index in [1.165, 1.54) is 19.3 Å². The Morgan fingerprint density at radius 3 is 2.59 bits per heavy atom. The van der Waals surface area contributed by atoms with E-state index in [1.54, 1.807) is 16.2 Å². The van der Waals surface area contributed by atoms with E-state index in [0.29, 0.717) is 18.8 Å². The van der Waals surface area contributed by atoms with Gasteiger partial charge in [0.2, 0.25) is 5.91 Å². The number of nitrogens with one attached hydrogen (secondary N) is 1. The van der Waals surface area contributed by atoms with Crippen molar-refractivity contribution in [2.45, 2.75) is 76.5 Å². The molecule has 1 fully saturated rings. The van der Waals surface area contributed by atoms with Crippen LogP contribution in [0.25, 0.3) is 10.9 Å². The minimum absolute atomic E-state index is 0.0311. The average Bonchev–Trinajstić information content (AvgIpc) is 3.41. The maximum absolute atomic E-state index is 13.8. The maximum atomic E-state index is 13.8. The summed E-state index contributed by atoms with van der Waals surface area (Å²) < 4.78 is 2.04. The molecule has 1 aromatic carbocycles. The number of carbonyl (C=O) groups excluding carboxylic acids is 2. The molecule has 2 amide bonds. The van der Waals surface area contributed by atoms with E-state index >= 15 is 0 Å². The van der Waals surface area contributed by atoms with Crippen molar-refractivity contribution in [3.63, 3.8) is 0 Å². The number of para-hydroxylation sites is 1. The number of aromatic nitrogens is 1. The van der Waals surface area contributed by atoms with Crippen molar-refractivity contribution in [2.24, 2.45) is 0 Å². The normalized spacial score (nSPS) is 22.4. The largest absolute Gasteiger partial charge is 0.351 e. The van der Waals surface area contributed by atoms with E-state index in [2.05, 4.69) is 5.32 Å². The molecular weight excluding hydrogens is 418 g/mol. The monoisotopic (exact) mass is 449 g/mol. The molecule has 5 rings (SSSR count). The number of nitrogens with zero attached hydrogens (tertiary/aromatic N) is 2. The summed E-state index contributed by atoms with van der Waals surface area (Å²) in [6.07, 6.45) is 8.15. The van der Waals surface area contributed by atoms with Crippen LogP contribution >= 0.6 is 11.3 Å². The number of hydrogen-bond donors (Lipinski definition) is 1. The fourth-order valence-electron chi connectivity index (χ4n) is 5.25. The molecule has 0 unspecified atom stereocenters. The number of carbonyl (C=O) groups is 2. The van der Waals surface area contributed by atoms with Crippen molar-refractivity contribution in [2.75, 3.05) is 0 Å². The second-order valence-corrected chi connectivity index (χ2v) is 10.5. The molecular formula is C26H31N3O2S. The second kappa shape index (κ2) is 8.74. The average molecular weight is 450 g/mol.